The van der Waals surface area contributed by atoms with E-state index < -0.39 is 57.1 Å². The van der Waals surface area contributed by atoms with E-state index in [0.717, 1.165) is 4.90 Å². The predicted octanol–water partition coefficient (Wildman–Crippen LogP) is 4.26. The molecular weight excluding hydrogens is 596 g/mol. The summed E-state index contributed by atoms with van der Waals surface area (Å²) in [6, 6.07) is 6.22. The van der Waals surface area contributed by atoms with E-state index in [-0.39, 0.29) is 70.7 Å². The molecule has 0 saturated carbocycles. The lowest BCUT2D eigenvalue weighted by atomic mass is 9.90. The van der Waals surface area contributed by atoms with Gasteiger partial charge in [-0.1, -0.05) is 18.1 Å². The highest BCUT2D eigenvalue weighted by Gasteiger charge is 2.45. The van der Waals surface area contributed by atoms with Crippen LogP contribution in [0.1, 0.15) is 36.2 Å². The van der Waals surface area contributed by atoms with E-state index in [1.165, 1.54) is 24.4 Å². The number of halogens is 4. The molecule has 0 radical (unpaired) electrons. The molecule has 10 nitrogen and oxygen atoms in total. The van der Waals surface area contributed by atoms with Crippen molar-refractivity contribution >= 4 is 43.7 Å². The number of anilines is 1. The Bertz CT molecular complexity index is 1910. The first kappa shape index (κ1) is 28.7. The zero-order valence-electron chi connectivity index (χ0n) is 22.1. The van der Waals surface area contributed by atoms with Gasteiger partial charge >= 0.3 is 12.1 Å². The molecule has 6 rings (SSSR count). The van der Waals surface area contributed by atoms with E-state index >= 15 is 4.39 Å². The second kappa shape index (κ2) is 10.1. The average molecular weight is 619 g/mol. The molecule has 1 N–H and O–H groups in total. The number of pyridine rings is 1. The van der Waals surface area contributed by atoms with E-state index in [9.17, 15) is 31.5 Å². The van der Waals surface area contributed by atoms with E-state index in [0.29, 0.717) is 0 Å². The van der Waals surface area contributed by atoms with Gasteiger partial charge in [0, 0.05) is 23.6 Å². The van der Waals surface area contributed by atoms with Crippen molar-refractivity contribution in [2.75, 3.05) is 23.0 Å². The predicted molar refractivity (Wildman–Crippen MR) is 145 cm³/mol. The molecule has 5 heterocycles. The van der Waals surface area contributed by atoms with Crippen LogP contribution in [0.25, 0.3) is 22.1 Å². The number of carboxylic acids is 1. The first-order valence-corrected chi connectivity index (χ1v) is 14.9. The second-order valence-corrected chi connectivity index (χ2v) is 12.8. The number of para-hydroxylation sites is 1. The molecule has 15 heteroatoms. The molecule has 4 aromatic rings. The first-order chi connectivity index (χ1) is 20.3. The quantitative estimate of drug-likeness (QED) is 0.255. The van der Waals surface area contributed by atoms with Crippen molar-refractivity contribution in [2.45, 2.75) is 43.3 Å². The number of carboxylic acid groups (broad SMARTS) is 1. The Morgan fingerprint density at radius 1 is 1.21 bits per heavy atom. The number of aromatic nitrogens is 3. The minimum absolute atomic E-state index is 0.0794. The summed E-state index contributed by atoms with van der Waals surface area (Å²) in [5.74, 6) is -1.89. The van der Waals surface area contributed by atoms with Gasteiger partial charge in [0.1, 0.15) is 28.9 Å². The third-order valence-corrected chi connectivity index (χ3v) is 9.32. The van der Waals surface area contributed by atoms with Crippen LogP contribution in [0.4, 0.5) is 23.4 Å². The molecule has 2 saturated heterocycles. The molecule has 2 atom stereocenters. The Morgan fingerprint density at radius 2 is 1.93 bits per heavy atom. The summed E-state index contributed by atoms with van der Waals surface area (Å²) in [5, 5.41) is 10.3. The Morgan fingerprint density at radius 3 is 2.60 bits per heavy atom. The molecule has 3 aromatic heterocycles. The smallest absolute Gasteiger partial charge is 0.451 e. The highest BCUT2D eigenvalue weighted by molar-refractivity contribution is 7.91. The van der Waals surface area contributed by atoms with E-state index in [1.54, 1.807) is 12.1 Å². The van der Waals surface area contributed by atoms with Crippen molar-refractivity contribution in [1.29, 1.82) is 0 Å². The monoisotopic (exact) mass is 618 g/mol. The molecule has 43 heavy (non-hydrogen) atoms. The van der Waals surface area contributed by atoms with Crippen LogP contribution < -0.4 is 9.64 Å². The van der Waals surface area contributed by atoms with Gasteiger partial charge in [0.15, 0.2) is 21.2 Å². The summed E-state index contributed by atoms with van der Waals surface area (Å²) in [6.45, 7) is -0.275. The topological polar surface area (TPSA) is 136 Å². The van der Waals surface area contributed by atoms with Crippen LogP contribution in [-0.4, -0.2) is 64.6 Å². The number of benzene rings is 1. The first-order valence-electron chi connectivity index (χ1n) is 13.1. The summed E-state index contributed by atoms with van der Waals surface area (Å²) < 4.78 is 93.5. The van der Waals surface area contributed by atoms with Crippen molar-refractivity contribution in [1.82, 2.24) is 15.0 Å². The number of ether oxygens (including phenoxy) is 1. The lowest BCUT2D eigenvalue weighted by molar-refractivity contribution is -0.144. The van der Waals surface area contributed by atoms with Crippen LogP contribution in [0.15, 0.2) is 40.9 Å². The lowest BCUT2D eigenvalue weighted by Crippen LogP contribution is -2.37. The minimum atomic E-state index is -4.95. The summed E-state index contributed by atoms with van der Waals surface area (Å²) >= 11 is 0. The molecule has 0 aliphatic carbocycles. The van der Waals surface area contributed by atoms with E-state index in [1.807, 2.05) is 0 Å². The fourth-order valence-electron chi connectivity index (χ4n) is 5.48. The number of carbonyl (C=O) groups is 1. The maximum atomic E-state index is 16.2. The molecular formula is C28H22F4N4O6S. The largest absolute Gasteiger partial charge is 0.480 e. The van der Waals surface area contributed by atoms with Crippen molar-refractivity contribution in [3.8, 4) is 18.2 Å². The Labute approximate surface area is 241 Å². The van der Waals surface area contributed by atoms with Crippen LogP contribution in [-0.2, 0) is 26.5 Å². The highest BCUT2D eigenvalue weighted by atomic mass is 32.2. The number of nitrogens with zero attached hydrogens (tertiary/aromatic N) is 4. The molecule has 0 amide bonds. The number of furan rings is 1. The molecule has 0 unspecified atom stereocenters. The Hall–Kier alpha value is -4.45. The van der Waals surface area contributed by atoms with Gasteiger partial charge in [-0.15, -0.1) is 6.42 Å². The third kappa shape index (κ3) is 5.20. The van der Waals surface area contributed by atoms with Gasteiger partial charge < -0.3 is 19.2 Å². The maximum absolute atomic E-state index is 16.2. The number of hydrogen-bond donors (Lipinski definition) is 1. The van der Waals surface area contributed by atoms with Crippen molar-refractivity contribution in [3.63, 3.8) is 0 Å². The zero-order chi connectivity index (χ0) is 30.7. The van der Waals surface area contributed by atoms with Gasteiger partial charge in [-0.2, -0.15) is 13.2 Å². The number of aliphatic carboxylic acids is 1. The van der Waals surface area contributed by atoms with Crippen LogP contribution in [0, 0.1) is 12.3 Å². The van der Waals surface area contributed by atoms with Crippen LogP contribution >= 0.6 is 0 Å². The molecule has 2 fully saturated rings. The SMILES string of the molecule is C#Cc1cnc(O[C@H]2C[C@@H](C(=O)O)N(c3nc(C(F)(F)F)nc4c3oc3ccccc34)C2)c(C2(F)CCS(=O)(=O)CC2)c1. The summed E-state index contributed by atoms with van der Waals surface area (Å²) in [4.78, 5) is 25.0. The van der Waals surface area contributed by atoms with Gasteiger partial charge in [-0.25, -0.2) is 32.6 Å². The fourth-order valence-corrected chi connectivity index (χ4v) is 6.96. The molecule has 2 aliphatic heterocycles. The number of alkyl halides is 4. The third-order valence-electron chi connectivity index (χ3n) is 7.67. The van der Waals surface area contributed by atoms with Crippen molar-refractivity contribution < 1.29 is 45.0 Å². The standard InChI is InChI=1S/C28H22F4N4O6S/c1-2-15-11-18(27(29)7-9-43(39,40)10-8-27)24(33-13-15)41-16-12-19(25(37)38)36(14-16)23-22-21(34-26(35-23)28(30,31)32)17-5-3-4-6-20(17)42-22/h1,3-6,11,13,16,19H,7-10,12,14H2,(H,37,38)/t16-,19-/m0/s1. The number of sulfone groups is 1. The normalized spacial score (nSPS) is 21.6. The van der Waals surface area contributed by atoms with Gasteiger partial charge in [0.2, 0.25) is 11.7 Å². The second-order valence-electron chi connectivity index (χ2n) is 10.5. The van der Waals surface area contributed by atoms with Gasteiger partial charge in [0.25, 0.3) is 0 Å². The van der Waals surface area contributed by atoms with Crippen LogP contribution in [0.2, 0.25) is 0 Å². The molecule has 1 aromatic carbocycles. The summed E-state index contributed by atoms with van der Waals surface area (Å²) in [6.07, 6.45) is -0.166. The van der Waals surface area contributed by atoms with E-state index in [2.05, 4.69) is 20.9 Å². The van der Waals surface area contributed by atoms with Crippen molar-refractivity contribution in [2.24, 2.45) is 0 Å². The lowest BCUT2D eigenvalue weighted by Gasteiger charge is -2.31. The number of rotatable bonds is 5. The van der Waals surface area contributed by atoms with Crippen LogP contribution in [0.3, 0.4) is 0 Å². The van der Waals surface area contributed by atoms with Crippen LogP contribution in [0.5, 0.6) is 5.88 Å². The number of hydrogen-bond acceptors (Lipinski definition) is 9. The van der Waals surface area contributed by atoms with Gasteiger partial charge in [-0.05, 0) is 31.0 Å². The molecule has 2 aliphatic rings. The molecule has 224 valence electrons. The number of terminal acetylenes is 1. The van der Waals surface area contributed by atoms with Gasteiger partial charge in [0.05, 0.1) is 23.6 Å². The zero-order valence-corrected chi connectivity index (χ0v) is 23.0. The van der Waals surface area contributed by atoms with Gasteiger partial charge in [-0.3, -0.25) is 0 Å². The van der Waals surface area contributed by atoms with Crippen molar-refractivity contribution in [3.05, 3.63) is 53.5 Å². The highest BCUT2D eigenvalue weighted by Crippen LogP contribution is 2.43. The number of fused-ring (bicyclic) bond motifs is 3. The molecule has 0 bridgehead atoms. The fraction of sp³-hybridized carbons (Fsp3) is 0.357. The molecule has 0 spiro atoms. The Balaban J connectivity index is 1.40. The minimum Gasteiger partial charge on any atom is -0.480 e. The Kier molecular flexibility index (Phi) is 6.72. The average Bonchev–Trinajstić information content (AvgIpc) is 3.56. The summed E-state index contributed by atoms with van der Waals surface area (Å²) in [5.41, 5.74) is -2.04. The summed E-state index contributed by atoms with van der Waals surface area (Å²) in [7, 11) is -3.42. The van der Waals surface area contributed by atoms with E-state index in [4.69, 9.17) is 15.6 Å². The maximum Gasteiger partial charge on any atom is 0.451 e.